The minimum atomic E-state index is -0.903. The molecule has 7 rings (SSSR count). The van der Waals surface area contributed by atoms with Gasteiger partial charge < -0.3 is 35.4 Å². The van der Waals surface area contributed by atoms with E-state index in [4.69, 9.17) is 9.57 Å². The molecule has 4 fully saturated rings. The van der Waals surface area contributed by atoms with Crippen LogP contribution in [0.3, 0.4) is 0 Å². The molecule has 3 aromatic carbocycles. The monoisotopic (exact) mass is 783 g/mol. The van der Waals surface area contributed by atoms with Crippen molar-refractivity contribution in [2.75, 3.05) is 52.8 Å². The van der Waals surface area contributed by atoms with Crippen LogP contribution in [0.25, 0.3) is 11.1 Å². The van der Waals surface area contributed by atoms with Gasteiger partial charge in [-0.1, -0.05) is 69.3 Å². The summed E-state index contributed by atoms with van der Waals surface area (Å²) in [6.45, 7) is 11.4. The average Bonchev–Trinajstić information content (AvgIpc) is 3.54. The molecule has 0 aromatic heterocycles. The molecule has 11 nitrogen and oxygen atoms in total. The van der Waals surface area contributed by atoms with Crippen LogP contribution in [-0.2, 0) is 22.6 Å². The lowest BCUT2D eigenvalue weighted by molar-refractivity contribution is -0.183. The van der Waals surface area contributed by atoms with Crippen LogP contribution in [0.1, 0.15) is 68.9 Å². The summed E-state index contributed by atoms with van der Waals surface area (Å²) in [4.78, 5) is 38.8. The Morgan fingerprint density at radius 1 is 1.04 bits per heavy atom. The fraction of sp³-hybridized carbons (Fsp3) is 0.565. The summed E-state index contributed by atoms with van der Waals surface area (Å²) in [6, 6.07) is 21.0. The van der Waals surface area contributed by atoms with E-state index in [0.29, 0.717) is 48.6 Å². The smallest absolute Gasteiger partial charge is 0.251 e. The van der Waals surface area contributed by atoms with E-state index >= 15 is 0 Å². The average molecular weight is 784 g/mol. The van der Waals surface area contributed by atoms with E-state index in [9.17, 15) is 19.8 Å². The van der Waals surface area contributed by atoms with Gasteiger partial charge in [0.15, 0.2) is 0 Å². The zero-order valence-corrected chi connectivity index (χ0v) is 35.4. The highest BCUT2D eigenvalue weighted by molar-refractivity contribution is 5.97. The van der Waals surface area contributed by atoms with Crippen molar-refractivity contribution in [2.45, 2.75) is 90.8 Å². The highest BCUT2D eigenvalue weighted by atomic mass is 16.7. The van der Waals surface area contributed by atoms with Gasteiger partial charge in [0.05, 0.1) is 25.9 Å². The first-order valence-corrected chi connectivity index (χ1v) is 20.7. The van der Waals surface area contributed by atoms with Gasteiger partial charge in [-0.3, -0.25) is 14.4 Å². The number of hydrogen-bond donors (Lipinski definition) is 4. The second-order valence-electron chi connectivity index (χ2n) is 17.7. The van der Waals surface area contributed by atoms with Gasteiger partial charge in [0, 0.05) is 61.0 Å². The van der Waals surface area contributed by atoms with E-state index < -0.39 is 24.2 Å². The summed E-state index contributed by atoms with van der Waals surface area (Å²) in [5, 5.41) is 29.7. The molecular weight excluding hydrogens is 719 g/mol. The molecule has 4 aliphatic rings. The Morgan fingerprint density at radius 2 is 1.77 bits per heavy atom. The van der Waals surface area contributed by atoms with E-state index in [2.05, 4.69) is 48.4 Å². The lowest BCUT2D eigenvalue weighted by Gasteiger charge is -2.62. The molecule has 11 heteroatoms. The Hall–Kier alpha value is -4.00. The van der Waals surface area contributed by atoms with Crippen LogP contribution in [-0.4, -0.2) is 110 Å². The number of hydrogen-bond acceptors (Lipinski definition) is 9. The number of rotatable bonds is 16. The second-order valence-corrected chi connectivity index (χ2v) is 17.7. The van der Waals surface area contributed by atoms with E-state index in [1.54, 1.807) is 12.0 Å². The molecule has 1 heterocycles. The zero-order valence-electron chi connectivity index (χ0n) is 35.4. The minimum absolute atomic E-state index is 0.0353. The van der Waals surface area contributed by atoms with Gasteiger partial charge in [-0.05, 0) is 99.7 Å². The molecule has 0 unspecified atom stereocenters. The van der Waals surface area contributed by atoms with Gasteiger partial charge in [0.2, 0.25) is 5.91 Å². The van der Waals surface area contributed by atoms with Crippen molar-refractivity contribution < 1.29 is 29.4 Å². The molecule has 0 spiro atoms. The third-order valence-corrected chi connectivity index (χ3v) is 13.0. The highest BCUT2D eigenvalue weighted by Crippen LogP contribution is 2.61. The predicted octanol–water partition coefficient (Wildman–Crippen LogP) is 5.38. The number of likely N-dealkylation sites (N-methyl/N-ethyl adjacent to an activating group) is 1. The van der Waals surface area contributed by atoms with E-state index in [-0.39, 0.29) is 42.5 Å². The first-order valence-electron chi connectivity index (χ1n) is 20.7. The maximum Gasteiger partial charge on any atom is 0.251 e. The fourth-order valence-corrected chi connectivity index (χ4v) is 9.83. The number of nitrogens with one attached hydrogen (secondary N) is 2. The molecule has 2 amide bonds. The third-order valence-electron chi connectivity index (χ3n) is 13.0. The SMILES string of the molecule is CCOc1c(CN2O[C@@H](CO)[C@@H]([C@H](C)O)[C@H]2C(=O)N[C@H]2C[C@H]3C[C@H]([C@@H]2C)C3(C)C)cccc1-c1cc(C(=O)N[C@H](Cc2ccccc2)CN(C)C)cc(N(C)C)c1. The molecule has 310 valence electrons. The van der Waals surface area contributed by atoms with E-state index in [1.165, 1.54) is 6.42 Å². The molecule has 1 aliphatic heterocycles. The second kappa shape index (κ2) is 17.9. The normalized spacial score (nSPS) is 26.4. The summed E-state index contributed by atoms with van der Waals surface area (Å²) >= 11 is 0. The van der Waals surface area contributed by atoms with Crippen molar-refractivity contribution in [2.24, 2.45) is 29.1 Å². The van der Waals surface area contributed by atoms with Gasteiger partial charge >= 0.3 is 0 Å². The summed E-state index contributed by atoms with van der Waals surface area (Å²) in [5.41, 5.74) is 5.21. The Kier molecular flexibility index (Phi) is 13.4. The largest absolute Gasteiger partial charge is 0.493 e. The number of benzene rings is 3. The molecular formula is C46H65N5O6. The first-order chi connectivity index (χ1) is 27.1. The van der Waals surface area contributed by atoms with Crippen LogP contribution >= 0.6 is 0 Å². The molecule has 0 radical (unpaired) electrons. The quantitative estimate of drug-likeness (QED) is 0.152. The Balaban J connectivity index is 1.30. The van der Waals surface area contributed by atoms with Crippen molar-refractivity contribution in [1.29, 1.82) is 0 Å². The topological polar surface area (TPSA) is 127 Å². The molecule has 9 atom stereocenters. The Bertz CT molecular complexity index is 1850. The van der Waals surface area contributed by atoms with Gasteiger partial charge in [-0.15, -0.1) is 0 Å². The summed E-state index contributed by atoms with van der Waals surface area (Å²) in [5.74, 6) is 1.06. The maximum absolute atomic E-state index is 14.4. The van der Waals surface area contributed by atoms with Crippen LogP contribution in [0.5, 0.6) is 5.75 Å². The standard InChI is InChI=1S/C46H65N5O6/c1-10-56-43-31(25-51-42(41(29(3)53)40(27-52)57-51)45(55)48-39-24-34-23-38(28(39)2)46(34,4)5)17-14-18-37(43)32-20-33(22-36(21-32)50(8)9)44(54)47-35(26-49(6)7)19-30-15-12-11-13-16-30/h11-18,20-22,28-29,34-35,38-42,52-53H,10,19,23-27H2,1-9H3,(H,47,54)(H,48,55)/t28-,29-,34+,35+,38+,39-,40-,41+,42-/m0/s1. The predicted molar refractivity (Wildman–Crippen MR) is 225 cm³/mol. The van der Waals surface area contributed by atoms with Crippen molar-refractivity contribution in [3.63, 3.8) is 0 Å². The number of hydroxylamine groups is 2. The number of carbonyl (C=O) groups excluding carboxylic acids is 2. The van der Waals surface area contributed by atoms with E-state index in [0.717, 1.165) is 34.4 Å². The van der Waals surface area contributed by atoms with Crippen molar-refractivity contribution in [3.8, 4) is 16.9 Å². The molecule has 3 aliphatic carbocycles. The minimum Gasteiger partial charge on any atom is -0.493 e. The molecule has 1 saturated heterocycles. The number of aliphatic hydroxyl groups excluding tert-OH is 2. The third kappa shape index (κ3) is 9.18. The van der Waals surface area contributed by atoms with Gasteiger partial charge in [0.25, 0.3) is 5.91 Å². The van der Waals surface area contributed by atoms with Crippen LogP contribution in [0, 0.1) is 29.1 Å². The van der Waals surface area contributed by atoms with Gasteiger partial charge in [-0.25, -0.2) is 0 Å². The van der Waals surface area contributed by atoms with Gasteiger partial charge in [-0.2, -0.15) is 5.06 Å². The molecule has 3 aromatic rings. The number of carbonyl (C=O) groups is 2. The van der Waals surface area contributed by atoms with Gasteiger partial charge in [0.1, 0.15) is 17.9 Å². The van der Waals surface area contributed by atoms with Crippen LogP contribution in [0.2, 0.25) is 0 Å². The number of anilines is 1. The maximum atomic E-state index is 14.4. The number of aliphatic hydroxyl groups is 2. The number of amides is 2. The first kappa shape index (κ1) is 42.6. The Morgan fingerprint density at radius 3 is 2.39 bits per heavy atom. The summed E-state index contributed by atoms with van der Waals surface area (Å²) in [6.07, 6.45) is 1.17. The number of fused-ring (bicyclic) bond motifs is 2. The van der Waals surface area contributed by atoms with Crippen molar-refractivity contribution in [1.82, 2.24) is 20.6 Å². The number of para-hydroxylation sites is 1. The zero-order chi connectivity index (χ0) is 41.2. The number of nitrogens with zero attached hydrogens (tertiary/aromatic N) is 3. The van der Waals surface area contributed by atoms with Crippen LogP contribution in [0.15, 0.2) is 66.7 Å². The molecule has 57 heavy (non-hydrogen) atoms. The summed E-state index contributed by atoms with van der Waals surface area (Å²) < 4.78 is 6.40. The number of ether oxygens (including phenoxy) is 1. The molecule has 4 N–H and O–H groups in total. The Labute approximate surface area is 339 Å². The molecule has 3 saturated carbocycles. The van der Waals surface area contributed by atoms with Crippen molar-refractivity contribution in [3.05, 3.63) is 83.4 Å². The molecule has 2 bridgehead atoms. The fourth-order valence-electron chi connectivity index (χ4n) is 9.83. The van der Waals surface area contributed by atoms with Crippen molar-refractivity contribution >= 4 is 17.5 Å². The highest BCUT2D eigenvalue weighted by Gasteiger charge is 2.57. The lowest BCUT2D eigenvalue weighted by atomic mass is 9.45. The van der Waals surface area contributed by atoms with Crippen LogP contribution in [0.4, 0.5) is 5.69 Å². The lowest BCUT2D eigenvalue weighted by Crippen LogP contribution is -2.62. The van der Waals surface area contributed by atoms with Crippen LogP contribution < -0.4 is 20.3 Å². The summed E-state index contributed by atoms with van der Waals surface area (Å²) in [7, 11) is 7.92. The van der Waals surface area contributed by atoms with E-state index in [1.807, 2.05) is 94.6 Å².